The first-order chi connectivity index (χ1) is 13.5. The Balaban J connectivity index is 1.91. The maximum atomic E-state index is 12.3. The summed E-state index contributed by atoms with van der Waals surface area (Å²) in [6.45, 7) is 10.2. The third-order valence-corrected chi connectivity index (χ3v) is 6.57. The van der Waals surface area contributed by atoms with E-state index in [0.29, 0.717) is 58.7 Å². The number of aryl methyl sites for hydroxylation is 1. The number of ether oxygens (including phenoxy) is 1. The van der Waals surface area contributed by atoms with Gasteiger partial charge in [-0.15, -0.1) is 0 Å². The Morgan fingerprint density at radius 3 is 2.41 bits per heavy atom. The number of nitro benzene ring substituents is 1. The quantitative estimate of drug-likeness (QED) is 0.425. The molecule has 1 aliphatic rings. The van der Waals surface area contributed by atoms with Gasteiger partial charge in [-0.1, -0.05) is 0 Å². The van der Waals surface area contributed by atoms with E-state index < -0.39 is 10.5 Å². The van der Waals surface area contributed by atoms with Gasteiger partial charge < -0.3 is 19.1 Å². The molecule has 0 bridgehead atoms. The average molecular weight is 533 g/mol. The van der Waals surface area contributed by atoms with Gasteiger partial charge in [0, 0.05) is 37.2 Å². The molecular weight excluding hydrogens is 510 g/mol. The van der Waals surface area contributed by atoms with Gasteiger partial charge in [-0.3, -0.25) is 10.1 Å². The van der Waals surface area contributed by atoms with Crippen LogP contribution in [-0.2, 0) is 11.3 Å². The summed E-state index contributed by atoms with van der Waals surface area (Å²) in [5.41, 5.74) is 0.440. The van der Waals surface area contributed by atoms with E-state index in [0.717, 1.165) is 0 Å². The predicted molar refractivity (Wildman–Crippen MR) is 117 cm³/mol. The molecule has 1 aromatic carbocycles. The minimum absolute atomic E-state index is 0.0600. The molecular formula is C18H23Br2N5O4. The van der Waals surface area contributed by atoms with E-state index in [4.69, 9.17) is 4.74 Å². The Bertz CT molecular complexity index is 962. The van der Waals surface area contributed by atoms with Crippen molar-refractivity contribution in [2.24, 2.45) is 0 Å². The van der Waals surface area contributed by atoms with Crippen LogP contribution in [0.1, 0.15) is 27.7 Å². The van der Waals surface area contributed by atoms with Gasteiger partial charge in [0.15, 0.2) is 5.52 Å². The molecule has 2 heterocycles. The summed E-state index contributed by atoms with van der Waals surface area (Å²) in [6, 6.07) is 1.84. The van der Waals surface area contributed by atoms with Crippen molar-refractivity contribution in [3.05, 3.63) is 25.1 Å². The van der Waals surface area contributed by atoms with Crippen LogP contribution in [0.3, 0.4) is 0 Å². The Kier molecular flexibility index (Phi) is 6.09. The zero-order chi connectivity index (χ0) is 21.5. The second-order valence-electron chi connectivity index (χ2n) is 7.76. The zero-order valence-corrected chi connectivity index (χ0v) is 19.9. The molecule has 0 spiro atoms. The van der Waals surface area contributed by atoms with Crippen LogP contribution in [0.2, 0.25) is 0 Å². The summed E-state index contributed by atoms with van der Waals surface area (Å²) >= 11 is 6.68. The van der Waals surface area contributed by atoms with Crippen molar-refractivity contribution in [1.82, 2.24) is 14.5 Å². The van der Waals surface area contributed by atoms with E-state index in [2.05, 4.69) is 41.7 Å². The molecule has 1 aromatic heterocycles. The predicted octanol–water partition coefficient (Wildman–Crippen LogP) is 4.55. The van der Waals surface area contributed by atoms with E-state index in [1.807, 2.05) is 38.3 Å². The normalized spacial score (nSPS) is 15.1. The number of halogens is 2. The monoisotopic (exact) mass is 531 g/mol. The Labute approximate surface area is 185 Å². The van der Waals surface area contributed by atoms with Crippen molar-refractivity contribution in [2.75, 3.05) is 31.1 Å². The number of piperazine rings is 1. The third kappa shape index (κ3) is 4.35. The lowest BCUT2D eigenvalue weighted by Crippen LogP contribution is -2.50. The summed E-state index contributed by atoms with van der Waals surface area (Å²) in [4.78, 5) is 31.9. The third-order valence-electron chi connectivity index (χ3n) is 4.60. The second kappa shape index (κ2) is 8.10. The maximum Gasteiger partial charge on any atom is 0.410 e. The molecule has 9 nitrogen and oxygen atoms in total. The van der Waals surface area contributed by atoms with E-state index in [-0.39, 0.29) is 11.8 Å². The van der Waals surface area contributed by atoms with Crippen molar-refractivity contribution in [1.29, 1.82) is 0 Å². The summed E-state index contributed by atoms with van der Waals surface area (Å²) in [7, 11) is 0. The fourth-order valence-corrected chi connectivity index (χ4v) is 4.16. The highest BCUT2D eigenvalue weighted by molar-refractivity contribution is 9.13. The summed E-state index contributed by atoms with van der Waals surface area (Å²) < 4.78 is 8.38. The molecule has 1 fully saturated rings. The van der Waals surface area contributed by atoms with Gasteiger partial charge in [-0.05, 0) is 65.6 Å². The summed E-state index contributed by atoms with van der Waals surface area (Å²) in [5, 5.41) is 11.6. The number of carbonyl (C=O) groups excluding carboxylic acids is 1. The van der Waals surface area contributed by atoms with Crippen molar-refractivity contribution in [3.63, 3.8) is 0 Å². The van der Waals surface area contributed by atoms with Crippen molar-refractivity contribution in [2.45, 2.75) is 39.8 Å². The molecule has 0 aliphatic carbocycles. The molecule has 158 valence electrons. The number of nitro groups is 1. The van der Waals surface area contributed by atoms with Crippen LogP contribution in [0.25, 0.3) is 11.0 Å². The van der Waals surface area contributed by atoms with E-state index in [1.54, 1.807) is 4.90 Å². The second-order valence-corrected chi connectivity index (χ2v) is 9.40. The maximum absolute atomic E-state index is 12.3. The van der Waals surface area contributed by atoms with Crippen molar-refractivity contribution in [3.8, 4) is 0 Å². The van der Waals surface area contributed by atoms with Crippen LogP contribution in [-0.4, -0.2) is 57.2 Å². The van der Waals surface area contributed by atoms with Crippen LogP contribution >= 0.6 is 31.9 Å². The molecule has 0 N–H and O–H groups in total. The Hall–Kier alpha value is -1.88. The SMILES string of the molecule is CCn1c(N2CCN(C(=O)OC(C)(C)C)CC2)nc2c([N+](=O)[O-])c(Br)c(Br)cc21. The molecule has 1 aliphatic heterocycles. The first kappa shape index (κ1) is 21.8. The smallest absolute Gasteiger partial charge is 0.410 e. The fraction of sp³-hybridized carbons (Fsp3) is 0.556. The lowest BCUT2D eigenvalue weighted by atomic mass is 10.2. The molecule has 11 heteroatoms. The van der Waals surface area contributed by atoms with Gasteiger partial charge in [0.05, 0.1) is 10.4 Å². The van der Waals surface area contributed by atoms with E-state index in [1.165, 1.54) is 0 Å². The number of hydrogen-bond acceptors (Lipinski definition) is 6. The highest BCUT2D eigenvalue weighted by Gasteiger charge is 2.30. The number of imidazole rings is 1. The van der Waals surface area contributed by atoms with Gasteiger partial charge in [0.1, 0.15) is 10.1 Å². The lowest BCUT2D eigenvalue weighted by molar-refractivity contribution is -0.384. The Morgan fingerprint density at radius 1 is 1.28 bits per heavy atom. The first-order valence-electron chi connectivity index (χ1n) is 9.29. The number of anilines is 1. The highest BCUT2D eigenvalue weighted by Crippen LogP contribution is 2.40. The molecule has 0 unspecified atom stereocenters. The van der Waals surface area contributed by atoms with Crippen LogP contribution in [0, 0.1) is 10.1 Å². The van der Waals surface area contributed by atoms with E-state index in [9.17, 15) is 14.9 Å². The molecule has 0 radical (unpaired) electrons. The highest BCUT2D eigenvalue weighted by atomic mass is 79.9. The molecule has 29 heavy (non-hydrogen) atoms. The molecule has 1 saturated heterocycles. The fourth-order valence-electron chi connectivity index (χ4n) is 3.31. The number of rotatable bonds is 3. The minimum Gasteiger partial charge on any atom is -0.444 e. The topological polar surface area (TPSA) is 93.7 Å². The number of amides is 1. The average Bonchev–Trinajstić information content (AvgIpc) is 2.98. The van der Waals surface area contributed by atoms with Gasteiger partial charge in [0.25, 0.3) is 0 Å². The van der Waals surface area contributed by atoms with Crippen molar-refractivity contribution >= 4 is 60.6 Å². The molecule has 0 saturated carbocycles. The standard InChI is InChI=1S/C18H23Br2N5O4/c1-5-24-12-10-11(19)13(20)15(25(27)28)14(12)21-16(24)22-6-8-23(9-7-22)17(26)29-18(2,3)4/h10H,5-9H2,1-4H3. The van der Waals surface area contributed by atoms with Gasteiger partial charge >= 0.3 is 11.8 Å². The summed E-state index contributed by atoms with van der Waals surface area (Å²) in [5.74, 6) is 0.666. The van der Waals surface area contributed by atoms with Crippen LogP contribution in [0.5, 0.6) is 0 Å². The Morgan fingerprint density at radius 2 is 1.90 bits per heavy atom. The number of nitrogens with zero attached hydrogens (tertiary/aromatic N) is 5. The zero-order valence-electron chi connectivity index (χ0n) is 16.7. The largest absolute Gasteiger partial charge is 0.444 e. The number of fused-ring (bicyclic) bond motifs is 1. The van der Waals surface area contributed by atoms with E-state index >= 15 is 0 Å². The number of aromatic nitrogens is 2. The number of benzene rings is 1. The molecule has 2 aromatic rings. The number of carbonyl (C=O) groups is 1. The lowest BCUT2D eigenvalue weighted by Gasteiger charge is -2.36. The molecule has 0 atom stereocenters. The van der Waals surface area contributed by atoms with Gasteiger partial charge in [-0.2, -0.15) is 0 Å². The van der Waals surface area contributed by atoms with Gasteiger partial charge in [0.2, 0.25) is 5.95 Å². The minimum atomic E-state index is -0.538. The van der Waals surface area contributed by atoms with Crippen molar-refractivity contribution < 1.29 is 14.5 Å². The molecule has 1 amide bonds. The van der Waals surface area contributed by atoms with Crippen LogP contribution in [0.4, 0.5) is 16.4 Å². The van der Waals surface area contributed by atoms with Gasteiger partial charge in [-0.25, -0.2) is 9.78 Å². The molecule has 3 rings (SSSR count). The number of hydrogen-bond donors (Lipinski definition) is 0. The first-order valence-corrected chi connectivity index (χ1v) is 10.9. The summed E-state index contributed by atoms with van der Waals surface area (Å²) in [6.07, 6.45) is -0.329. The van der Waals surface area contributed by atoms with Crippen LogP contribution < -0.4 is 4.90 Å². The van der Waals surface area contributed by atoms with Crippen LogP contribution in [0.15, 0.2) is 15.0 Å².